The normalized spacial score (nSPS) is 11.3. The quantitative estimate of drug-likeness (QED) is 0.829. The van der Waals surface area contributed by atoms with Crippen LogP contribution in [0, 0.1) is 6.92 Å². The van der Waals surface area contributed by atoms with Gasteiger partial charge in [0.25, 0.3) is 0 Å². The first kappa shape index (κ1) is 15.3. The Kier molecular flexibility index (Phi) is 4.50. The van der Waals surface area contributed by atoms with E-state index in [0.717, 1.165) is 11.1 Å². The zero-order valence-corrected chi connectivity index (χ0v) is 12.8. The van der Waals surface area contributed by atoms with Crippen molar-refractivity contribution in [1.82, 2.24) is 4.72 Å². The van der Waals surface area contributed by atoms with Crippen LogP contribution in [0.15, 0.2) is 47.4 Å². The molecule has 0 aliphatic carbocycles. The number of sulfonamides is 1. The van der Waals surface area contributed by atoms with Crippen molar-refractivity contribution in [3.63, 3.8) is 0 Å². The SMILES string of the molecule is COc1ccc(S(=O)(=O)NCc2ccc(C)cc2)c(N)c1. The molecule has 2 aromatic rings. The molecule has 2 aromatic carbocycles. The number of methoxy groups -OCH3 is 1. The number of hydrogen-bond acceptors (Lipinski definition) is 4. The molecule has 0 amide bonds. The van der Waals surface area contributed by atoms with Gasteiger partial charge in [0.15, 0.2) is 0 Å². The molecule has 0 saturated carbocycles. The lowest BCUT2D eigenvalue weighted by Crippen LogP contribution is -2.24. The monoisotopic (exact) mass is 306 g/mol. The van der Waals surface area contributed by atoms with Gasteiger partial charge in [-0.3, -0.25) is 0 Å². The van der Waals surface area contributed by atoms with Crippen LogP contribution in [0.3, 0.4) is 0 Å². The second-order valence-corrected chi connectivity index (χ2v) is 6.45. The second kappa shape index (κ2) is 6.15. The third-order valence-corrected chi connectivity index (χ3v) is 4.57. The minimum Gasteiger partial charge on any atom is -0.497 e. The van der Waals surface area contributed by atoms with Crippen molar-refractivity contribution in [3.05, 3.63) is 53.6 Å². The van der Waals surface area contributed by atoms with Gasteiger partial charge in [-0.1, -0.05) is 29.8 Å². The van der Waals surface area contributed by atoms with E-state index in [1.165, 1.54) is 19.2 Å². The van der Waals surface area contributed by atoms with Crippen LogP contribution in [-0.4, -0.2) is 15.5 Å². The molecule has 0 fully saturated rings. The van der Waals surface area contributed by atoms with Gasteiger partial charge in [-0.05, 0) is 24.6 Å². The summed E-state index contributed by atoms with van der Waals surface area (Å²) in [7, 11) is -2.16. The van der Waals surface area contributed by atoms with Crippen LogP contribution in [0.4, 0.5) is 5.69 Å². The van der Waals surface area contributed by atoms with Crippen molar-refractivity contribution in [2.24, 2.45) is 0 Å². The van der Waals surface area contributed by atoms with E-state index in [1.807, 2.05) is 31.2 Å². The van der Waals surface area contributed by atoms with Gasteiger partial charge in [0.2, 0.25) is 10.0 Å². The van der Waals surface area contributed by atoms with Crippen LogP contribution < -0.4 is 15.2 Å². The van der Waals surface area contributed by atoms with E-state index in [0.29, 0.717) is 5.75 Å². The lowest BCUT2D eigenvalue weighted by Gasteiger charge is -2.10. The van der Waals surface area contributed by atoms with Crippen molar-refractivity contribution in [3.8, 4) is 5.75 Å². The fourth-order valence-corrected chi connectivity index (χ4v) is 2.99. The Morgan fingerprint density at radius 3 is 2.38 bits per heavy atom. The first-order valence-corrected chi connectivity index (χ1v) is 7.89. The van der Waals surface area contributed by atoms with Gasteiger partial charge in [-0.15, -0.1) is 0 Å². The summed E-state index contributed by atoms with van der Waals surface area (Å²) in [5, 5.41) is 0. The molecule has 0 bridgehead atoms. The molecule has 0 heterocycles. The summed E-state index contributed by atoms with van der Waals surface area (Å²) >= 11 is 0. The van der Waals surface area contributed by atoms with Gasteiger partial charge in [-0.25, -0.2) is 13.1 Å². The maximum absolute atomic E-state index is 12.3. The highest BCUT2D eigenvalue weighted by molar-refractivity contribution is 7.89. The Morgan fingerprint density at radius 2 is 1.81 bits per heavy atom. The Hall–Kier alpha value is -2.05. The maximum Gasteiger partial charge on any atom is 0.242 e. The number of ether oxygens (including phenoxy) is 1. The van der Waals surface area contributed by atoms with E-state index in [9.17, 15) is 8.42 Å². The average Bonchev–Trinajstić information content (AvgIpc) is 2.46. The molecule has 0 unspecified atom stereocenters. The number of nitrogens with two attached hydrogens (primary N) is 1. The number of nitrogens with one attached hydrogen (secondary N) is 1. The molecule has 0 atom stereocenters. The Labute approximate surface area is 124 Å². The Balaban J connectivity index is 2.16. The van der Waals surface area contributed by atoms with E-state index in [1.54, 1.807) is 6.07 Å². The summed E-state index contributed by atoms with van der Waals surface area (Å²) in [6.45, 7) is 2.19. The van der Waals surface area contributed by atoms with Gasteiger partial charge >= 0.3 is 0 Å². The molecule has 0 spiro atoms. The lowest BCUT2D eigenvalue weighted by molar-refractivity contribution is 0.414. The van der Waals surface area contributed by atoms with Crippen molar-refractivity contribution in [2.75, 3.05) is 12.8 Å². The van der Waals surface area contributed by atoms with Crippen LogP contribution in [0.5, 0.6) is 5.75 Å². The van der Waals surface area contributed by atoms with Crippen molar-refractivity contribution < 1.29 is 13.2 Å². The number of benzene rings is 2. The van der Waals surface area contributed by atoms with E-state index in [4.69, 9.17) is 10.5 Å². The molecule has 0 aromatic heterocycles. The number of anilines is 1. The van der Waals surface area contributed by atoms with E-state index < -0.39 is 10.0 Å². The minimum atomic E-state index is -3.65. The third-order valence-electron chi connectivity index (χ3n) is 3.09. The summed E-state index contributed by atoms with van der Waals surface area (Å²) in [4.78, 5) is 0.0513. The summed E-state index contributed by atoms with van der Waals surface area (Å²) in [6.07, 6.45) is 0. The highest BCUT2D eigenvalue weighted by Crippen LogP contribution is 2.23. The van der Waals surface area contributed by atoms with Gasteiger partial charge in [0.1, 0.15) is 10.6 Å². The van der Waals surface area contributed by atoms with Crippen molar-refractivity contribution in [1.29, 1.82) is 0 Å². The smallest absolute Gasteiger partial charge is 0.242 e. The predicted octanol–water partition coefficient (Wildman–Crippen LogP) is 2.06. The van der Waals surface area contributed by atoms with E-state index in [2.05, 4.69) is 4.72 Å². The molecule has 6 heteroatoms. The first-order valence-electron chi connectivity index (χ1n) is 6.41. The topological polar surface area (TPSA) is 81.4 Å². The lowest BCUT2D eigenvalue weighted by atomic mass is 10.2. The van der Waals surface area contributed by atoms with Gasteiger partial charge < -0.3 is 10.5 Å². The number of hydrogen-bond donors (Lipinski definition) is 2. The molecule has 112 valence electrons. The molecule has 0 aliphatic rings. The molecular weight excluding hydrogens is 288 g/mol. The van der Waals surface area contributed by atoms with E-state index in [-0.39, 0.29) is 17.1 Å². The van der Waals surface area contributed by atoms with Crippen molar-refractivity contribution in [2.45, 2.75) is 18.4 Å². The molecule has 21 heavy (non-hydrogen) atoms. The number of nitrogen functional groups attached to an aromatic ring is 1. The van der Waals surface area contributed by atoms with Crippen LogP contribution in [0.25, 0.3) is 0 Å². The highest BCUT2D eigenvalue weighted by atomic mass is 32.2. The summed E-state index contributed by atoms with van der Waals surface area (Å²) in [6, 6.07) is 12.1. The van der Waals surface area contributed by atoms with Crippen LogP contribution >= 0.6 is 0 Å². The minimum absolute atomic E-state index is 0.0513. The first-order chi connectivity index (χ1) is 9.92. The van der Waals surface area contributed by atoms with Crippen LogP contribution in [0.1, 0.15) is 11.1 Å². The second-order valence-electron chi connectivity index (χ2n) is 4.71. The average molecular weight is 306 g/mol. The molecule has 3 N–H and O–H groups in total. The van der Waals surface area contributed by atoms with Crippen LogP contribution in [0.2, 0.25) is 0 Å². The van der Waals surface area contributed by atoms with Crippen LogP contribution in [-0.2, 0) is 16.6 Å². The van der Waals surface area contributed by atoms with Crippen molar-refractivity contribution >= 4 is 15.7 Å². The third kappa shape index (κ3) is 3.74. The maximum atomic E-state index is 12.3. The predicted molar refractivity (Wildman–Crippen MR) is 82.6 cm³/mol. The highest BCUT2D eigenvalue weighted by Gasteiger charge is 2.17. The van der Waals surface area contributed by atoms with Gasteiger partial charge in [0.05, 0.1) is 12.8 Å². The summed E-state index contributed by atoms with van der Waals surface area (Å²) in [5.41, 5.74) is 7.94. The largest absolute Gasteiger partial charge is 0.497 e. The number of aryl methyl sites for hydroxylation is 1. The Morgan fingerprint density at radius 1 is 1.14 bits per heavy atom. The fraction of sp³-hybridized carbons (Fsp3) is 0.200. The Bertz CT molecular complexity index is 725. The zero-order chi connectivity index (χ0) is 15.5. The summed E-state index contributed by atoms with van der Waals surface area (Å²) in [5.74, 6) is 0.519. The van der Waals surface area contributed by atoms with Gasteiger partial charge in [0, 0.05) is 12.6 Å². The van der Waals surface area contributed by atoms with E-state index >= 15 is 0 Å². The zero-order valence-electron chi connectivity index (χ0n) is 12.0. The molecule has 0 radical (unpaired) electrons. The fourth-order valence-electron chi connectivity index (χ4n) is 1.86. The molecule has 0 saturated heterocycles. The van der Waals surface area contributed by atoms with Gasteiger partial charge in [-0.2, -0.15) is 0 Å². The molecule has 2 rings (SSSR count). The molecular formula is C15H18N2O3S. The summed E-state index contributed by atoms with van der Waals surface area (Å²) < 4.78 is 32.1. The number of rotatable bonds is 5. The molecule has 0 aliphatic heterocycles. The molecule has 5 nitrogen and oxygen atoms in total. The standard InChI is InChI=1S/C15H18N2O3S/c1-11-3-5-12(6-4-11)10-17-21(18,19)15-8-7-13(20-2)9-14(15)16/h3-9,17H,10,16H2,1-2H3.